The predicted octanol–water partition coefficient (Wildman–Crippen LogP) is 3.60. The van der Waals surface area contributed by atoms with Crippen LogP contribution in [0.5, 0.6) is 0 Å². The molecule has 2 heteroatoms. The zero-order valence-corrected chi connectivity index (χ0v) is 12.7. The first-order valence-corrected chi connectivity index (χ1v) is 7.01. The monoisotopic (exact) mass is 248 g/mol. The van der Waals surface area contributed by atoms with E-state index < -0.39 is 0 Å². The second kappa shape index (κ2) is 6.24. The molecule has 0 bridgehead atoms. The van der Waals surface area contributed by atoms with Gasteiger partial charge in [-0.25, -0.2) is 0 Å². The third-order valence-corrected chi connectivity index (χ3v) is 4.36. The molecule has 0 aliphatic rings. The lowest BCUT2D eigenvalue weighted by atomic mass is 9.87. The van der Waals surface area contributed by atoms with E-state index in [-0.39, 0.29) is 5.54 Å². The van der Waals surface area contributed by atoms with Crippen molar-refractivity contribution in [1.82, 2.24) is 5.32 Å². The van der Waals surface area contributed by atoms with Gasteiger partial charge in [0.2, 0.25) is 0 Å². The van der Waals surface area contributed by atoms with Gasteiger partial charge in [0.1, 0.15) is 0 Å². The third kappa shape index (κ3) is 2.86. The number of anilines is 1. The van der Waals surface area contributed by atoms with Crippen LogP contribution in [0.3, 0.4) is 0 Å². The van der Waals surface area contributed by atoms with Crippen molar-refractivity contribution >= 4 is 5.69 Å². The molecule has 0 heterocycles. The first-order chi connectivity index (χ1) is 8.49. The first-order valence-electron chi connectivity index (χ1n) is 7.01. The Morgan fingerprint density at radius 1 is 1.22 bits per heavy atom. The number of hydrogen-bond donors (Lipinski definition) is 1. The normalized spacial score (nSPS) is 16.1. The molecule has 0 saturated carbocycles. The van der Waals surface area contributed by atoms with Crippen LogP contribution < -0.4 is 10.2 Å². The average molecular weight is 248 g/mol. The zero-order valence-electron chi connectivity index (χ0n) is 12.7. The molecule has 1 aromatic rings. The molecule has 18 heavy (non-hydrogen) atoms. The molecule has 102 valence electrons. The number of nitrogens with one attached hydrogen (secondary N) is 1. The molecular formula is C16H28N2. The maximum Gasteiger partial charge on any atom is 0.0521 e. The third-order valence-electron chi connectivity index (χ3n) is 4.36. The quantitative estimate of drug-likeness (QED) is 0.827. The van der Waals surface area contributed by atoms with Crippen molar-refractivity contribution in [3.63, 3.8) is 0 Å². The molecule has 2 nitrogen and oxygen atoms in total. The van der Waals surface area contributed by atoms with Gasteiger partial charge in [0.05, 0.1) is 5.54 Å². The Hall–Kier alpha value is -1.02. The van der Waals surface area contributed by atoms with Gasteiger partial charge in [0, 0.05) is 18.3 Å². The van der Waals surface area contributed by atoms with Crippen molar-refractivity contribution in [2.24, 2.45) is 0 Å². The smallest absolute Gasteiger partial charge is 0.0521 e. The van der Waals surface area contributed by atoms with E-state index in [1.165, 1.54) is 11.3 Å². The van der Waals surface area contributed by atoms with Gasteiger partial charge >= 0.3 is 0 Å². The van der Waals surface area contributed by atoms with Gasteiger partial charge in [-0.15, -0.1) is 0 Å². The van der Waals surface area contributed by atoms with Gasteiger partial charge in [0.15, 0.2) is 0 Å². The Kier molecular flexibility index (Phi) is 5.21. The Morgan fingerprint density at radius 3 is 2.17 bits per heavy atom. The van der Waals surface area contributed by atoms with Crippen LogP contribution in [0.25, 0.3) is 0 Å². The van der Waals surface area contributed by atoms with Crippen LogP contribution in [-0.2, 0) is 0 Å². The highest BCUT2D eigenvalue weighted by Crippen LogP contribution is 2.29. The number of benzene rings is 1. The van der Waals surface area contributed by atoms with Crippen LogP contribution in [0.2, 0.25) is 0 Å². The van der Waals surface area contributed by atoms with Crippen LogP contribution in [0.1, 0.15) is 39.7 Å². The predicted molar refractivity (Wildman–Crippen MR) is 81.4 cm³/mol. The molecule has 0 radical (unpaired) electrons. The van der Waals surface area contributed by atoms with E-state index in [9.17, 15) is 0 Å². The van der Waals surface area contributed by atoms with Gasteiger partial charge in [0.25, 0.3) is 0 Å². The van der Waals surface area contributed by atoms with Gasteiger partial charge in [-0.1, -0.05) is 24.6 Å². The highest BCUT2D eigenvalue weighted by Gasteiger charge is 2.34. The molecule has 0 saturated heterocycles. The van der Waals surface area contributed by atoms with E-state index in [0.29, 0.717) is 6.04 Å². The van der Waals surface area contributed by atoms with Crippen LogP contribution >= 0.6 is 0 Å². The minimum absolute atomic E-state index is 0.138. The fourth-order valence-corrected chi connectivity index (χ4v) is 2.61. The second-order valence-corrected chi connectivity index (χ2v) is 5.30. The first kappa shape index (κ1) is 15.0. The van der Waals surface area contributed by atoms with E-state index in [1.807, 2.05) is 7.05 Å². The van der Waals surface area contributed by atoms with Gasteiger partial charge in [-0.2, -0.15) is 0 Å². The lowest BCUT2D eigenvalue weighted by Gasteiger charge is -2.46. The second-order valence-electron chi connectivity index (χ2n) is 5.30. The summed E-state index contributed by atoms with van der Waals surface area (Å²) in [6.07, 6.45) is 1.12. The molecule has 0 spiro atoms. The zero-order chi connectivity index (χ0) is 13.8. The Morgan fingerprint density at radius 2 is 1.78 bits per heavy atom. The number of nitrogens with zero attached hydrogens (tertiary/aromatic N) is 1. The molecule has 2 unspecified atom stereocenters. The maximum atomic E-state index is 3.41. The molecule has 0 aliphatic carbocycles. The van der Waals surface area contributed by atoms with Crippen molar-refractivity contribution in [3.05, 3.63) is 29.8 Å². The number of aryl methyl sites for hydroxylation is 1. The summed E-state index contributed by atoms with van der Waals surface area (Å²) in [7, 11) is 2.04. The molecule has 1 aromatic carbocycles. The summed E-state index contributed by atoms with van der Waals surface area (Å²) in [5.74, 6) is 0. The molecule has 2 atom stereocenters. The summed E-state index contributed by atoms with van der Waals surface area (Å²) in [5, 5.41) is 3.41. The van der Waals surface area contributed by atoms with Crippen LogP contribution in [0, 0.1) is 6.92 Å². The maximum absolute atomic E-state index is 3.41. The summed E-state index contributed by atoms with van der Waals surface area (Å²) in [5.41, 5.74) is 2.77. The molecular weight excluding hydrogens is 220 g/mol. The van der Waals surface area contributed by atoms with Crippen molar-refractivity contribution in [2.75, 3.05) is 18.5 Å². The Balaban J connectivity index is 3.10. The molecule has 0 aliphatic heterocycles. The van der Waals surface area contributed by atoms with Gasteiger partial charge < -0.3 is 10.2 Å². The number of hydrogen-bond acceptors (Lipinski definition) is 2. The molecule has 0 amide bonds. The largest absolute Gasteiger partial charge is 0.365 e. The average Bonchev–Trinajstić information content (AvgIpc) is 2.40. The van der Waals surface area contributed by atoms with E-state index in [1.54, 1.807) is 0 Å². The van der Waals surface area contributed by atoms with Gasteiger partial charge in [-0.05, 0) is 53.3 Å². The summed E-state index contributed by atoms with van der Waals surface area (Å²) in [4.78, 5) is 2.51. The van der Waals surface area contributed by atoms with Crippen LogP contribution in [0.4, 0.5) is 5.69 Å². The molecule has 1 rings (SSSR count). The summed E-state index contributed by atoms with van der Waals surface area (Å²) < 4.78 is 0. The molecule has 0 aromatic heterocycles. The van der Waals surface area contributed by atoms with Gasteiger partial charge in [-0.3, -0.25) is 0 Å². The fraction of sp³-hybridized carbons (Fsp3) is 0.625. The standard InChI is InChI=1S/C16H28N2/c1-7-16(5,14(4)17-6)18(8-2)15-11-9-13(3)10-12-15/h9-12,14,17H,7-8H2,1-6H3. The Bertz CT molecular complexity index is 358. The Labute approximate surface area is 112 Å². The van der Waals surface area contributed by atoms with E-state index in [0.717, 1.165) is 13.0 Å². The molecule has 0 fully saturated rings. The molecule has 1 N–H and O–H groups in total. The van der Waals surface area contributed by atoms with Crippen molar-refractivity contribution in [3.8, 4) is 0 Å². The van der Waals surface area contributed by atoms with E-state index >= 15 is 0 Å². The summed E-state index contributed by atoms with van der Waals surface area (Å²) in [6, 6.07) is 9.30. The number of rotatable bonds is 6. The van der Waals surface area contributed by atoms with E-state index in [4.69, 9.17) is 0 Å². The lowest BCUT2D eigenvalue weighted by Crippen LogP contribution is -2.57. The van der Waals surface area contributed by atoms with E-state index in [2.05, 4.69) is 69.1 Å². The lowest BCUT2D eigenvalue weighted by molar-refractivity contribution is 0.317. The minimum atomic E-state index is 0.138. The fourth-order valence-electron chi connectivity index (χ4n) is 2.61. The van der Waals surface area contributed by atoms with Crippen molar-refractivity contribution in [2.45, 2.75) is 52.6 Å². The van der Waals surface area contributed by atoms with Crippen molar-refractivity contribution < 1.29 is 0 Å². The van der Waals surface area contributed by atoms with Crippen LogP contribution in [-0.4, -0.2) is 25.2 Å². The highest BCUT2D eigenvalue weighted by atomic mass is 15.2. The highest BCUT2D eigenvalue weighted by molar-refractivity contribution is 5.50. The van der Waals surface area contributed by atoms with Crippen LogP contribution in [0.15, 0.2) is 24.3 Å². The van der Waals surface area contributed by atoms with Crippen molar-refractivity contribution in [1.29, 1.82) is 0 Å². The number of likely N-dealkylation sites (N-methyl/N-ethyl adjacent to an activating group) is 2. The summed E-state index contributed by atoms with van der Waals surface area (Å²) >= 11 is 0. The SMILES string of the molecule is CCN(c1ccc(C)cc1)C(C)(CC)C(C)NC. The summed E-state index contributed by atoms with van der Waals surface area (Å²) in [6.45, 7) is 12.3. The topological polar surface area (TPSA) is 15.3 Å². The minimum Gasteiger partial charge on any atom is -0.365 e.